The molecule has 2 aromatic rings. The maximum Gasteiger partial charge on any atom is 0.328 e. The number of nitro groups is 2. The van der Waals surface area contributed by atoms with Crippen LogP contribution in [0.15, 0.2) is 45.3 Å². The quantitative estimate of drug-likeness (QED) is 0.257. The second-order valence-electron chi connectivity index (χ2n) is 9.14. The molecule has 0 aliphatic rings. The minimum atomic E-state index is -1.66. The molecule has 0 amide bonds. The van der Waals surface area contributed by atoms with Crippen molar-refractivity contribution in [1.29, 1.82) is 5.26 Å². The number of hydrogen-bond acceptors (Lipinski definition) is 8. The molecule has 3 atom stereocenters. The molecular formula is C22H26Br2ClN5O7S. The van der Waals surface area contributed by atoms with Crippen LogP contribution in [0, 0.1) is 31.6 Å². The lowest BCUT2D eigenvalue weighted by molar-refractivity contribution is -0.385. The molecule has 0 aliphatic carbocycles. The number of carboxylic acids is 1. The summed E-state index contributed by atoms with van der Waals surface area (Å²) in [7, 11) is -1.49. The molecule has 0 radical (unpaired) electrons. The third-order valence-corrected chi connectivity index (χ3v) is 7.51. The summed E-state index contributed by atoms with van der Waals surface area (Å²) >= 11 is 6.26. The van der Waals surface area contributed by atoms with Crippen molar-refractivity contribution in [3.63, 3.8) is 0 Å². The zero-order valence-corrected chi connectivity index (χ0v) is 25.7. The van der Waals surface area contributed by atoms with Crippen molar-refractivity contribution in [3.8, 4) is 6.07 Å². The maximum atomic E-state index is 12.2. The zero-order chi connectivity index (χ0) is 28.9. The highest BCUT2D eigenvalue weighted by atomic mass is 79.9. The minimum absolute atomic E-state index is 0. The lowest BCUT2D eigenvalue weighted by Crippen LogP contribution is -2.45. The van der Waals surface area contributed by atoms with Crippen molar-refractivity contribution in [2.75, 3.05) is 0 Å². The number of nitriles is 1. The largest absolute Gasteiger partial charge is 0.480 e. The van der Waals surface area contributed by atoms with Gasteiger partial charge in [-0.25, -0.2) is 13.7 Å². The van der Waals surface area contributed by atoms with Gasteiger partial charge in [0, 0.05) is 33.2 Å². The molecule has 0 spiro atoms. The van der Waals surface area contributed by atoms with E-state index in [1.807, 2.05) is 6.07 Å². The van der Waals surface area contributed by atoms with Crippen LogP contribution in [-0.4, -0.2) is 29.9 Å². The van der Waals surface area contributed by atoms with E-state index in [0.717, 1.165) is 6.07 Å². The van der Waals surface area contributed by atoms with Crippen molar-refractivity contribution in [2.24, 2.45) is 5.73 Å². The number of rotatable bonds is 7. The molecule has 0 fully saturated rings. The molecule has 208 valence electrons. The van der Waals surface area contributed by atoms with Crippen LogP contribution in [0.1, 0.15) is 45.7 Å². The van der Waals surface area contributed by atoms with E-state index in [9.17, 15) is 34.5 Å². The summed E-state index contributed by atoms with van der Waals surface area (Å²) in [5.74, 6) is -1.25. The number of non-ortho nitro benzene ring substituents is 2. The number of aliphatic carboxylic acids is 1. The summed E-state index contributed by atoms with van der Waals surface area (Å²) in [5.41, 5.74) is 2.82. The first-order valence-corrected chi connectivity index (χ1v) is 13.0. The van der Waals surface area contributed by atoms with Crippen LogP contribution in [-0.2, 0) is 26.9 Å². The first-order chi connectivity index (χ1) is 16.7. The highest BCUT2D eigenvalue weighted by Gasteiger charge is 2.34. The molecule has 38 heavy (non-hydrogen) atoms. The van der Waals surface area contributed by atoms with Gasteiger partial charge in [0.1, 0.15) is 11.1 Å². The molecule has 0 saturated heterocycles. The fourth-order valence-corrected chi connectivity index (χ4v) is 4.36. The Labute approximate surface area is 244 Å². The Hall–Kier alpha value is -2.48. The zero-order valence-electron chi connectivity index (χ0n) is 20.9. The summed E-state index contributed by atoms with van der Waals surface area (Å²) in [4.78, 5) is 31.3. The standard InChI is InChI=1S/C13H16BrN3O3S.C9H9BrN2O4.ClH/c1-12(2,3)21(20)16-13(4,8-15)9-5-10(14)7-11(6-9)17(18)19;1-9(11,8(13)14)5-2-6(10)4-7(3-5)12(15)16;/h5-7,16H,1-4H3;2-4H,11H2,1H3,(H,13,14);1H/t13-,21?;9-;/m01./s1. The van der Waals surface area contributed by atoms with Crippen LogP contribution in [0.25, 0.3) is 0 Å². The molecule has 2 aromatic carbocycles. The van der Waals surface area contributed by atoms with Crippen molar-refractivity contribution in [3.05, 3.63) is 76.7 Å². The van der Waals surface area contributed by atoms with E-state index in [1.165, 1.54) is 31.2 Å². The Kier molecular flexibility index (Phi) is 12.7. The van der Waals surface area contributed by atoms with Crippen molar-refractivity contribution in [2.45, 2.75) is 50.4 Å². The van der Waals surface area contributed by atoms with Gasteiger partial charge in [0.2, 0.25) is 0 Å². The third-order valence-electron chi connectivity index (χ3n) is 4.88. The number of halogens is 3. The first-order valence-electron chi connectivity index (χ1n) is 10.3. The molecule has 0 aliphatic heterocycles. The van der Waals surface area contributed by atoms with E-state index in [1.54, 1.807) is 33.8 Å². The molecule has 12 nitrogen and oxygen atoms in total. The van der Waals surface area contributed by atoms with Gasteiger partial charge in [0.05, 0.1) is 31.6 Å². The number of carboxylic acid groups (broad SMARTS) is 1. The minimum Gasteiger partial charge on any atom is -0.480 e. The third kappa shape index (κ3) is 9.37. The number of nitro benzene ring substituents is 2. The fourth-order valence-electron chi connectivity index (χ4n) is 2.56. The molecular weight excluding hydrogens is 674 g/mol. The number of benzene rings is 2. The molecule has 1 unspecified atom stereocenters. The van der Waals surface area contributed by atoms with Crippen LogP contribution in [0.3, 0.4) is 0 Å². The number of nitrogens with one attached hydrogen (secondary N) is 1. The van der Waals surface area contributed by atoms with E-state index in [2.05, 4.69) is 36.6 Å². The molecule has 0 bridgehead atoms. The topological polar surface area (TPSA) is 202 Å². The number of carbonyl (C=O) groups is 1. The molecule has 16 heteroatoms. The van der Waals surface area contributed by atoms with Crippen LogP contribution in [0.2, 0.25) is 0 Å². The Morgan fingerprint density at radius 3 is 1.71 bits per heavy atom. The van der Waals surface area contributed by atoms with E-state index >= 15 is 0 Å². The van der Waals surface area contributed by atoms with Gasteiger partial charge in [-0.1, -0.05) is 31.9 Å². The number of nitrogens with two attached hydrogens (primary N) is 1. The summed E-state index contributed by atoms with van der Waals surface area (Å²) in [5, 5.41) is 39.9. The summed E-state index contributed by atoms with van der Waals surface area (Å²) in [6.45, 7) is 8.15. The predicted octanol–water partition coefficient (Wildman–Crippen LogP) is 5.19. The van der Waals surface area contributed by atoms with Gasteiger partial charge in [-0.2, -0.15) is 5.26 Å². The van der Waals surface area contributed by atoms with Gasteiger partial charge in [0.25, 0.3) is 11.4 Å². The first kappa shape index (κ1) is 35.5. The Bertz CT molecular complexity index is 1300. The van der Waals surface area contributed by atoms with E-state index in [4.69, 9.17) is 10.8 Å². The fraction of sp³-hybridized carbons (Fsp3) is 0.364. The van der Waals surface area contributed by atoms with E-state index in [-0.39, 0.29) is 29.3 Å². The summed E-state index contributed by atoms with van der Waals surface area (Å²) in [6, 6.07) is 10.2. The maximum absolute atomic E-state index is 12.2. The Morgan fingerprint density at radius 2 is 1.37 bits per heavy atom. The average molecular weight is 700 g/mol. The highest BCUT2D eigenvalue weighted by Crippen LogP contribution is 2.30. The predicted molar refractivity (Wildman–Crippen MR) is 152 cm³/mol. The van der Waals surface area contributed by atoms with E-state index < -0.39 is 42.6 Å². The van der Waals surface area contributed by atoms with Crippen molar-refractivity contribution >= 4 is 72.6 Å². The molecule has 2 rings (SSSR count). The summed E-state index contributed by atoms with van der Waals surface area (Å²) in [6.07, 6.45) is 0. The Balaban J connectivity index is 0.000000726. The van der Waals surface area contributed by atoms with Gasteiger partial charge in [0.15, 0.2) is 0 Å². The molecule has 0 saturated carbocycles. The summed E-state index contributed by atoms with van der Waals surface area (Å²) < 4.78 is 15.3. The average Bonchev–Trinajstić information content (AvgIpc) is 2.77. The molecule has 0 heterocycles. The van der Waals surface area contributed by atoms with Crippen LogP contribution >= 0.6 is 44.3 Å². The Morgan fingerprint density at radius 1 is 0.974 bits per heavy atom. The van der Waals surface area contributed by atoms with Crippen LogP contribution < -0.4 is 10.5 Å². The van der Waals surface area contributed by atoms with Gasteiger partial charge in [-0.15, -0.1) is 12.4 Å². The highest BCUT2D eigenvalue weighted by molar-refractivity contribution is 9.10. The molecule has 4 N–H and O–H groups in total. The lowest BCUT2D eigenvalue weighted by atomic mass is 9.93. The smallest absolute Gasteiger partial charge is 0.328 e. The monoisotopic (exact) mass is 697 g/mol. The van der Waals surface area contributed by atoms with Gasteiger partial charge >= 0.3 is 5.97 Å². The second-order valence-corrected chi connectivity index (χ2v) is 12.9. The number of nitrogens with zero attached hydrogens (tertiary/aromatic N) is 3. The van der Waals surface area contributed by atoms with Crippen LogP contribution in [0.5, 0.6) is 0 Å². The SMILES string of the molecule is CC(C)(C)S(=O)N[C@@](C)(C#N)c1cc(Br)cc([N+](=O)[O-])c1.C[C@](N)(C(=O)O)c1cc(Br)cc([N+](=O)[O-])c1.Cl. The van der Waals surface area contributed by atoms with Crippen molar-refractivity contribution < 1.29 is 24.0 Å². The van der Waals surface area contributed by atoms with Gasteiger partial charge in [-0.05, 0) is 57.9 Å². The second kappa shape index (κ2) is 13.5. The number of hydrogen-bond donors (Lipinski definition) is 3. The van der Waals surface area contributed by atoms with Crippen molar-refractivity contribution in [1.82, 2.24) is 4.72 Å². The lowest BCUT2D eigenvalue weighted by Gasteiger charge is -2.28. The van der Waals surface area contributed by atoms with Gasteiger partial charge < -0.3 is 10.8 Å². The van der Waals surface area contributed by atoms with E-state index in [0.29, 0.717) is 14.5 Å². The van der Waals surface area contributed by atoms with Gasteiger partial charge in [-0.3, -0.25) is 20.2 Å². The normalized spacial score (nSPS) is 14.7. The van der Waals surface area contributed by atoms with Crippen LogP contribution in [0.4, 0.5) is 11.4 Å². The molecule has 0 aromatic heterocycles.